The second-order valence-corrected chi connectivity index (χ2v) is 4.27. The third kappa shape index (κ3) is 3.47. The highest BCUT2D eigenvalue weighted by Crippen LogP contribution is 2.18. The fourth-order valence-corrected chi connectivity index (χ4v) is 1.39. The third-order valence-corrected chi connectivity index (χ3v) is 1.97. The summed E-state index contributed by atoms with van der Waals surface area (Å²) in [5.41, 5.74) is -0.337. The number of anilines is 1. The molecule has 84 valence electrons. The molecule has 0 aliphatic rings. The van der Waals surface area contributed by atoms with E-state index in [1.165, 1.54) is 6.07 Å². The van der Waals surface area contributed by atoms with Gasteiger partial charge in [-0.25, -0.2) is 8.78 Å². The van der Waals surface area contributed by atoms with E-state index < -0.39 is 17.2 Å². The molecule has 1 aromatic carbocycles. The molecule has 0 spiro atoms. The molecule has 0 unspecified atom stereocenters. The lowest BCUT2D eigenvalue weighted by Gasteiger charge is -2.27. The average molecular weight is 215 g/mol. The molecule has 0 amide bonds. The van der Waals surface area contributed by atoms with Gasteiger partial charge in [0.25, 0.3) is 0 Å². The van der Waals surface area contributed by atoms with Gasteiger partial charge < -0.3 is 10.0 Å². The van der Waals surface area contributed by atoms with Crippen molar-refractivity contribution in [2.24, 2.45) is 0 Å². The number of halogens is 2. The summed E-state index contributed by atoms with van der Waals surface area (Å²) in [7, 11) is 1.71. The van der Waals surface area contributed by atoms with Crippen LogP contribution in [-0.4, -0.2) is 24.3 Å². The molecule has 0 aliphatic heterocycles. The standard InChI is InChI=1S/C11H15F2NO/c1-11(2,15)7-14(3)8-4-5-9(12)10(13)6-8/h4-6,15H,7H2,1-3H3. The Morgan fingerprint density at radius 2 is 1.87 bits per heavy atom. The monoisotopic (exact) mass is 215 g/mol. The van der Waals surface area contributed by atoms with Gasteiger partial charge in [0.1, 0.15) is 0 Å². The maximum Gasteiger partial charge on any atom is 0.160 e. The molecule has 0 atom stereocenters. The molecule has 1 rings (SSSR count). The molecule has 1 aromatic rings. The van der Waals surface area contributed by atoms with Crippen LogP contribution >= 0.6 is 0 Å². The molecule has 0 saturated carbocycles. The van der Waals surface area contributed by atoms with E-state index in [-0.39, 0.29) is 0 Å². The van der Waals surface area contributed by atoms with E-state index in [0.717, 1.165) is 12.1 Å². The molecule has 15 heavy (non-hydrogen) atoms. The van der Waals surface area contributed by atoms with Crippen molar-refractivity contribution >= 4 is 5.69 Å². The Morgan fingerprint density at radius 1 is 1.27 bits per heavy atom. The summed E-state index contributed by atoms with van der Waals surface area (Å²) in [5, 5.41) is 9.56. The van der Waals surface area contributed by atoms with Crippen LogP contribution in [0.3, 0.4) is 0 Å². The number of rotatable bonds is 3. The summed E-state index contributed by atoms with van der Waals surface area (Å²) in [4.78, 5) is 1.67. The molecule has 0 radical (unpaired) electrons. The van der Waals surface area contributed by atoms with Gasteiger partial charge in [-0.3, -0.25) is 0 Å². The van der Waals surface area contributed by atoms with Crippen molar-refractivity contribution in [2.45, 2.75) is 19.4 Å². The number of hydrogen-bond donors (Lipinski definition) is 1. The highest BCUT2D eigenvalue weighted by Gasteiger charge is 2.16. The first-order valence-corrected chi connectivity index (χ1v) is 4.68. The van der Waals surface area contributed by atoms with Crippen molar-refractivity contribution in [1.29, 1.82) is 0 Å². The number of nitrogens with zero attached hydrogens (tertiary/aromatic N) is 1. The quantitative estimate of drug-likeness (QED) is 0.835. The molecule has 0 aromatic heterocycles. The van der Waals surface area contributed by atoms with Gasteiger partial charge in [0.2, 0.25) is 0 Å². The summed E-state index contributed by atoms with van der Waals surface area (Å²) in [6.07, 6.45) is 0. The normalized spacial score (nSPS) is 11.6. The zero-order valence-corrected chi connectivity index (χ0v) is 9.09. The fraction of sp³-hybridized carbons (Fsp3) is 0.455. The van der Waals surface area contributed by atoms with E-state index in [0.29, 0.717) is 12.2 Å². The van der Waals surface area contributed by atoms with Crippen molar-refractivity contribution in [3.63, 3.8) is 0 Å². The second-order valence-electron chi connectivity index (χ2n) is 4.27. The lowest BCUT2D eigenvalue weighted by molar-refractivity contribution is 0.0886. The summed E-state index contributed by atoms with van der Waals surface area (Å²) in [6.45, 7) is 3.66. The second kappa shape index (κ2) is 4.14. The third-order valence-electron chi connectivity index (χ3n) is 1.97. The van der Waals surface area contributed by atoms with Crippen LogP contribution in [0.2, 0.25) is 0 Å². The van der Waals surface area contributed by atoms with Gasteiger partial charge in [-0.1, -0.05) is 0 Å². The molecule has 4 heteroatoms. The first-order valence-electron chi connectivity index (χ1n) is 4.68. The maximum atomic E-state index is 12.9. The van der Waals surface area contributed by atoms with Gasteiger partial charge >= 0.3 is 0 Å². The Bertz CT molecular complexity index is 347. The van der Waals surface area contributed by atoms with E-state index in [1.54, 1.807) is 25.8 Å². The van der Waals surface area contributed by atoms with E-state index in [2.05, 4.69) is 0 Å². The van der Waals surface area contributed by atoms with Gasteiger partial charge in [0, 0.05) is 25.3 Å². The maximum absolute atomic E-state index is 12.9. The van der Waals surface area contributed by atoms with Crippen molar-refractivity contribution < 1.29 is 13.9 Å². The SMILES string of the molecule is CN(CC(C)(C)O)c1ccc(F)c(F)c1. The summed E-state index contributed by atoms with van der Waals surface area (Å²) >= 11 is 0. The van der Waals surface area contributed by atoms with Crippen LogP contribution in [0.1, 0.15) is 13.8 Å². The predicted molar refractivity (Wildman–Crippen MR) is 55.9 cm³/mol. The zero-order chi connectivity index (χ0) is 11.6. The molecule has 0 bridgehead atoms. The van der Waals surface area contributed by atoms with Crippen LogP contribution < -0.4 is 4.90 Å². The van der Waals surface area contributed by atoms with Gasteiger partial charge in [0.05, 0.1) is 5.60 Å². The van der Waals surface area contributed by atoms with Crippen LogP contribution in [0.15, 0.2) is 18.2 Å². The van der Waals surface area contributed by atoms with Crippen molar-refractivity contribution in [3.05, 3.63) is 29.8 Å². The van der Waals surface area contributed by atoms with Crippen LogP contribution in [0.25, 0.3) is 0 Å². The van der Waals surface area contributed by atoms with Gasteiger partial charge in [-0.05, 0) is 26.0 Å². The molecule has 1 N–H and O–H groups in total. The first-order chi connectivity index (χ1) is 6.79. The van der Waals surface area contributed by atoms with Gasteiger partial charge in [-0.15, -0.1) is 0 Å². The first kappa shape index (κ1) is 11.9. The number of hydrogen-bond acceptors (Lipinski definition) is 2. The van der Waals surface area contributed by atoms with E-state index in [4.69, 9.17) is 0 Å². The topological polar surface area (TPSA) is 23.5 Å². The highest BCUT2D eigenvalue weighted by molar-refractivity contribution is 5.46. The molecular formula is C11H15F2NO. The minimum atomic E-state index is -0.880. The summed E-state index contributed by atoms with van der Waals surface area (Å²) in [5.74, 6) is -1.74. The predicted octanol–water partition coefficient (Wildman–Crippen LogP) is 2.17. The van der Waals surface area contributed by atoms with Crippen molar-refractivity contribution in [3.8, 4) is 0 Å². The molecule has 0 saturated heterocycles. The van der Waals surface area contributed by atoms with Crippen LogP contribution in [-0.2, 0) is 0 Å². The van der Waals surface area contributed by atoms with E-state index >= 15 is 0 Å². The molecular weight excluding hydrogens is 200 g/mol. The highest BCUT2D eigenvalue weighted by atomic mass is 19.2. The largest absolute Gasteiger partial charge is 0.389 e. The van der Waals surface area contributed by atoms with Crippen LogP contribution in [0.4, 0.5) is 14.5 Å². The average Bonchev–Trinajstić information content (AvgIpc) is 2.06. The van der Waals surface area contributed by atoms with Crippen molar-refractivity contribution in [1.82, 2.24) is 0 Å². The Hall–Kier alpha value is -1.16. The lowest BCUT2D eigenvalue weighted by Crippen LogP contribution is -2.36. The Kier molecular flexibility index (Phi) is 3.29. The minimum absolute atomic E-state index is 0.345. The van der Waals surface area contributed by atoms with E-state index in [1.807, 2.05) is 0 Å². The minimum Gasteiger partial charge on any atom is -0.389 e. The molecule has 0 fully saturated rings. The molecule has 2 nitrogen and oxygen atoms in total. The van der Waals surface area contributed by atoms with Crippen LogP contribution in [0.5, 0.6) is 0 Å². The number of benzene rings is 1. The van der Waals surface area contributed by atoms with Crippen molar-refractivity contribution in [2.75, 3.05) is 18.5 Å². The van der Waals surface area contributed by atoms with Crippen LogP contribution in [0, 0.1) is 11.6 Å². The lowest BCUT2D eigenvalue weighted by atomic mass is 10.1. The Balaban J connectivity index is 2.83. The Labute approximate surface area is 88.1 Å². The smallest absolute Gasteiger partial charge is 0.160 e. The van der Waals surface area contributed by atoms with E-state index in [9.17, 15) is 13.9 Å². The fourth-order valence-electron chi connectivity index (χ4n) is 1.39. The number of likely N-dealkylation sites (N-methyl/N-ethyl adjacent to an activating group) is 1. The van der Waals surface area contributed by atoms with Gasteiger partial charge in [0.15, 0.2) is 11.6 Å². The molecule has 0 heterocycles. The Morgan fingerprint density at radius 3 is 2.33 bits per heavy atom. The molecule has 0 aliphatic carbocycles. The van der Waals surface area contributed by atoms with Gasteiger partial charge in [-0.2, -0.15) is 0 Å². The summed E-state index contributed by atoms with van der Waals surface area (Å²) in [6, 6.07) is 3.66. The number of aliphatic hydroxyl groups is 1. The summed E-state index contributed by atoms with van der Waals surface area (Å²) < 4.78 is 25.6. The zero-order valence-electron chi connectivity index (χ0n) is 9.09.